The van der Waals surface area contributed by atoms with Crippen LogP contribution in [0, 0.1) is 6.92 Å². The maximum Gasteiger partial charge on any atom is 0.224 e. The SMILES string of the molecule is COc1ccc(CC(=O)NCCCOC(C)C)cc1C. The lowest BCUT2D eigenvalue weighted by Crippen LogP contribution is -2.27. The van der Waals surface area contributed by atoms with Gasteiger partial charge in [0.05, 0.1) is 19.6 Å². The van der Waals surface area contributed by atoms with E-state index in [1.807, 2.05) is 39.0 Å². The monoisotopic (exact) mass is 279 g/mol. The van der Waals surface area contributed by atoms with E-state index in [0.717, 1.165) is 23.3 Å². The fraction of sp³-hybridized carbons (Fsp3) is 0.562. The number of methoxy groups -OCH3 is 1. The van der Waals surface area contributed by atoms with E-state index in [2.05, 4.69) is 5.32 Å². The number of rotatable bonds is 8. The van der Waals surface area contributed by atoms with Crippen molar-refractivity contribution in [2.75, 3.05) is 20.3 Å². The number of aryl methyl sites for hydroxylation is 1. The number of nitrogens with one attached hydrogen (secondary N) is 1. The van der Waals surface area contributed by atoms with Gasteiger partial charge < -0.3 is 14.8 Å². The lowest BCUT2D eigenvalue weighted by atomic mass is 10.1. The Kier molecular flexibility index (Phi) is 7.09. The topological polar surface area (TPSA) is 47.6 Å². The van der Waals surface area contributed by atoms with Crippen LogP contribution >= 0.6 is 0 Å². The Hall–Kier alpha value is -1.55. The molecule has 20 heavy (non-hydrogen) atoms. The second kappa shape index (κ2) is 8.59. The number of amides is 1. The third kappa shape index (κ3) is 6.06. The number of hydrogen-bond acceptors (Lipinski definition) is 3. The van der Waals surface area contributed by atoms with Gasteiger partial charge in [-0.1, -0.05) is 12.1 Å². The predicted molar refractivity (Wildman–Crippen MR) is 80.1 cm³/mol. The van der Waals surface area contributed by atoms with E-state index in [9.17, 15) is 4.79 Å². The van der Waals surface area contributed by atoms with E-state index in [-0.39, 0.29) is 12.0 Å². The third-order valence-corrected chi connectivity index (χ3v) is 2.92. The molecule has 0 aromatic heterocycles. The summed E-state index contributed by atoms with van der Waals surface area (Å²) in [4.78, 5) is 11.8. The Balaban J connectivity index is 2.30. The molecule has 4 heteroatoms. The first-order valence-corrected chi connectivity index (χ1v) is 7.04. The van der Waals surface area contributed by atoms with Crippen molar-refractivity contribution < 1.29 is 14.3 Å². The molecule has 0 saturated heterocycles. The molecule has 0 unspecified atom stereocenters. The van der Waals surface area contributed by atoms with Gasteiger partial charge >= 0.3 is 0 Å². The lowest BCUT2D eigenvalue weighted by molar-refractivity contribution is -0.120. The Labute approximate surface area is 121 Å². The van der Waals surface area contributed by atoms with E-state index in [0.29, 0.717) is 19.6 Å². The zero-order chi connectivity index (χ0) is 15.0. The summed E-state index contributed by atoms with van der Waals surface area (Å²) in [5, 5.41) is 2.90. The maximum atomic E-state index is 11.8. The Bertz CT molecular complexity index is 430. The summed E-state index contributed by atoms with van der Waals surface area (Å²) < 4.78 is 10.6. The average molecular weight is 279 g/mol. The highest BCUT2D eigenvalue weighted by Crippen LogP contribution is 2.18. The first-order valence-electron chi connectivity index (χ1n) is 7.04. The van der Waals surface area contributed by atoms with Gasteiger partial charge in [0.1, 0.15) is 5.75 Å². The van der Waals surface area contributed by atoms with Gasteiger partial charge in [-0.05, 0) is 44.4 Å². The van der Waals surface area contributed by atoms with Crippen molar-refractivity contribution in [1.29, 1.82) is 0 Å². The molecule has 0 aliphatic heterocycles. The second-order valence-corrected chi connectivity index (χ2v) is 5.10. The van der Waals surface area contributed by atoms with Crippen molar-refractivity contribution in [3.63, 3.8) is 0 Å². The molecule has 1 rings (SSSR count). The minimum atomic E-state index is 0.0408. The van der Waals surface area contributed by atoms with Gasteiger partial charge in [-0.15, -0.1) is 0 Å². The number of ether oxygens (including phenoxy) is 2. The number of benzene rings is 1. The highest BCUT2D eigenvalue weighted by molar-refractivity contribution is 5.78. The van der Waals surface area contributed by atoms with Crippen LogP contribution in [0.25, 0.3) is 0 Å². The highest BCUT2D eigenvalue weighted by Gasteiger charge is 2.05. The molecular formula is C16H25NO3. The first-order chi connectivity index (χ1) is 9.52. The van der Waals surface area contributed by atoms with Gasteiger partial charge in [-0.3, -0.25) is 4.79 Å². The molecule has 0 atom stereocenters. The van der Waals surface area contributed by atoms with Gasteiger partial charge in [-0.2, -0.15) is 0 Å². The van der Waals surface area contributed by atoms with Crippen LogP contribution in [0.5, 0.6) is 5.75 Å². The molecule has 0 heterocycles. The molecule has 0 aliphatic rings. The molecule has 0 bridgehead atoms. The first kappa shape index (κ1) is 16.5. The summed E-state index contributed by atoms with van der Waals surface area (Å²) in [5.74, 6) is 0.888. The van der Waals surface area contributed by atoms with Crippen molar-refractivity contribution in [2.45, 2.75) is 39.7 Å². The third-order valence-electron chi connectivity index (χ3n) is 2.92. The van der Waals surface area contributed by atoms with Crippen LogP contribution in [-0.4, -0.2) is 32.3 Å². The van der Waals surface area contributed by atoms with E-state index in [4.69, 9.17) is 9.47 Å². The Morgan fingerprint density at radius 3 is 2.70 bits per heavy atom. The van der Waals surface area contributed by atoms with Crippen molar-refractivity contribution in [1.82, 2.24) is 5.32 Å². The van der Waals surface area contributed by atoms with E-state index >= 15 is 0 Å². The number of carbonyl (C=O) groups is 1. The van der Waals surface area contributed by atoms with Gasteiger partial charge in [0.2, 0.25) is 5.91 Å². The minimum Gasteiger partial charge on any atom is -0.496 e. The molecule has 0 aliphatic carbocycles. The zero-order valence-electron chi connectivity index (χ0n) is 12.9. The summed E-state index contributed by atoms with van der Waals surface area (Å²) >= 11 is 0. The standard InChI is InChI=1S/C16H25NO3/c1-12(2)20-9-5-8-17-16(18)11-14-6-7-15(19-4)13(3)10-14/h6-7,10,12H,5,8-9,11H2,1-4H3,(H,17,18). The second-order valence-electron chi connectivity index (χ2n) is 5.10. The van der Waals surface area contributed by atoms with Crippen LogP contribution in [0.2, 0.25) is 0 Å². The molecular weight excluding hydrogens is 254 g/mol. The van der Waals surface area contributed by atoms with Crippen molar-refractivity contribution in [3.05, 3.63) is 29.3 Å². The van der Waals surface area contributed by atoms with Crippen LogP contribution < -0.4 is 10.1 Å². The lowest BCUT2D eigenvalue weighted by Gasteiger charge is -2.09. The Morgan fingerprint density at radius 1 is 1.35 bits per heavy atom. The number of carbonyl (C=O) groups excluding carboxylic acids is 1. The van der Waals surface area contributed by atoms with E-state index < -0.39 is 0 Å². The molecule has 1 aromatic carbocycles. The maximum absolute atomic E-state index is 11.8. The number of hydrogen-bond donors (Lipinski definition) is 1. The average Bonchev–Trinajstić information content (AvgIpc) is 2.38. The minimum absolute atomic E-state index is 0.0408. The van der Waals surface area contributed by atoms with Gasteiger partial charge in [-0.25, -0.2) is 0 Å². The summed E-state index contributed by atoms with van der Waals surface area (Å²) in [6, 6.07) is 5.81. The summed E-state index contributed by atoms with van der Waals surface area (Å²) in [6.07, 6.45) is 1.48. The molecule has 0 saturated carbocycles. The summed E-state index contributed by atoms with van der Waals surface area (Å²) in [7, 11) is 1.65. The molecule has 0 spiro atoms. The molecule has 0 radical (unpaired) electrons. The van der Waals surface area contributed by atoms with Crippen molar-refractivity contribution in [2.24, 2.45) is 0 Å². The van der Waals surface area contributed by atoms with Gasteiger partial charge in [0, 0.05) is 13.2 Å². The molecule has 1 aromatic rings. The quantitative estimate of drug-likeness (QED) is 0.744. The van der Waals surface area contributed by atoms with E-state index in [1.165, 1.54) is 0 Å². The molecule has 1 N–H and O–H groups in total. The smallest absolute Gasteiger partial charge is 0.224 e. The summed E-state index contributed by atoms with van der Waals surface area (Å²) in [5.41, 5.74) is 2.04. The fourth-order valence-electron chi connectivity index (χ4n) is 1.92. The molecule has 0 fully saturated rings. The van der Waals surface area contributed by atoms with Crippen LogP contribution in [0.3, 0.4) is 0 Å². The van der Waals surface area contributed by atoms with Crippen LogP contribution in [0.4, 0.5) is 0 Å². The predicted octanol–water partition coefficient (Wildman–Crippen LogP) is 2.48. The van der Waals surface area contributed by atoms with Crippen LogP contribution in [0.1, 0.15) is 31.4 Å². The van der Waals surface area contributed by atoms with Crippen molar-refractivity contribution in [3.8, 4) is 5.75 Å². The largest absolute Gasteiger partial charge is 0.496 e. The van der Waals surface area contributed by atoms with E-state index in [1.54, 1.807) is 7.11 Å². The van der Waals surface area contributed by atoms with Crippen molar-refractivity contribution >= 4 is 5.91 Å². The fourth-order valence-corrected chi connectivity index (χ4v) is 1.92. The molecule has 1 amide bonds. The summed E-state index contributed by atoms with van der Waals surface area (Å²) in [6.45, 7) is 7.32. The zero-order valence-corrected chi connectivity index (χ0v) is 12.9. The Morgan fingerprint density at radius 2 is 2.10 bits per heavy atom. The van der Waals surface area contributed by atoms with Gasteiger partial charge in [0.15, 0.2) is 0 Å². The normalized spacial score (nSPS) is 10.7. The van der Waals surface area contributed by atoms with Gasteiger partial charge in [0.25, 0.3) is 0 Å². The van der Waals surface area contributed by atoms with Crippen LogP contribution in [0.15, 0.2) is 18.2 Å². The molecule has 4 nitrogen and oxygen atoms in total. The highest BCUT2D eigenvalue weighted by atomic mass is 16.5. The molecule has 112 valence electrons. The van der Waals surface area contributed by atoms with Crippen LogP contribution in [-0.2, 0) is 16.0 Å².